The molecule has 2 amide bonds. The van der Waals surface area contributed by atoms with Crippen LogP contribution in [0, 0.1) is 0 Å². The van der Waals surface area contributed by atoms with Crippen LogP contribution >= 0.6 is 0 Å². The van der Waals surface area contributed by atoms with Crippen LogP contribution in [0.4, 0.5) is 0 Å². The fourth-order valence-electron chi connectivity index (χ4n) is 5.83. The predicted molar refractivity (Wildman–Crippen MR) is 170 cm³/mol. The van der Waals surface area contributed by atoms with Crippen molar-refractivity contribution >= 4 is 11.8 Å². The first-order valence-corrected chi connectivity index (χ1v) is 15.3. The summed E-state index contributed by atoms with van der Waals surface area (Å²) in [6.07, 6.45) is 8.97. The van der Waals surface area contributed by atoms with Gasteiger partial charge in [-0.15, -0.1) is 0 Å². The van der Waals surface area contributed by atoms with Gasteiger partial charge in [-0.2, -0.15) is 0 Å². The van der Waals surface area contributed by atoms with Crippen LogP contribution in [-0.4, -0.2) is 48.9 Å². The lowest BCUT2D eigenvalue weighted by Gasteiger charge is -2.37. The zero-order valence-corrected chi connectivity index (χ0v) is 24.5. The van der Waals surface area contributed by atoms with Gasteiger partial charge in [0.25, 0.3) is 5.91 Å². The molecule has 2 aliphatic rings. The Balaban J connectivity index is 1.13. The average molecular weight is 563 g/mol. The lowest BCUT2D eigenvalue weighted by molar-refractivity contribution is -0.122. The Bertz CT molecular complexity index is 1390. The zero-order chi connectivity index (χ0) is 29.1. The van der Waals surface area contributed by atoms with Crippen LogP contribution < -0.4 is 16.0 Å². The van der Waals surface area contributed by atoms with Crippen LogP contribution in [-0.2, 0) is 4.79 Å². The Hall–Kier alpha value is -4.16. The van der Waals surface area contributed by atoms with Gasteiger partial charge in [0.05, 0.1) is 5.92 Å². The van der Waals surface area contributed by atoms with Crippen molar-refractivity contribution in [2.24, 2.45) is 0 Å². The van der Waals surface area contributed by atoms with E-state index in [0.29, 0.717) is 24.7 Å². The average Bonchev–Trinajstić information content (AvgIpc) is 3.05. The molecule has 3 aromatic carbocycles. The number of carbonyl (C=O) groups is 2. The summed E-state index contributed by atoms with van der Waals surface area (Å²) in [5, 5.41) is 9.93. The molecule has 3 N–H and O–H groups in total. The number of nitrogens with zero attached hydrogens (tertiary/aromatic N) is 1. The largest absolute Gasteiger partial charge is 0.375 e. The molecule has 1 aliphatic carbocycles. The van der Waals surface area contributed by atoms with Crippen LogP contribution in [0.5, 0.6) is 0 Å². The molecular weight excluding hydrogens is 520 g/mol. The summed E-state index contributed by atoms with van der Waals surface area (Å²) in [6.45, 7) is 5.40. The van der Waals surface area contributed by atoms with E-state index in [1.165, 1.54) is 5.70 Å². The highest BCUT2D eigenvalue weighted by molar-refractivity contribution is 6.01. The van der Waals surface area contributed by atoms with Crippen LogP contribution in [0.3, 0.4) is 0 Å². The molecule has 1 aliphatic heterocycles. The molecule has 0 saturated carbocycles. The number of amides is 2. The lowest BCUT2D eigenvalue weighted by atomic mass is 9.96. The van der Waals surface area contributed by atoms with E-state index in [9.17, 15) is 9.59 Å². The lowest BCUT2D eigenvalue weighted by Crippen LogP contribution is -2.45. The maximum atomic E-state index is 13.2. The van der Waals surface area contributed by atoms with Crippen LogP contribution in [0.25, 0.3) is 11.1 Å². The molecule has 218 valence electrons. The van der Waals surface area contributed by atoms with Gasteiger partial charge in [0.15, 0.2) is 0 Å². The quantitative estimate of drug-likeness (QED) is 0.268. The minimum absolute atomic E-state index is 0.0679. The SMILES string of the molecule is CCCNC(=O)C(CNC1CCN(C2=CC=C(NC(=O)c3ccccc3-c3ccccc3)CC2)CC1)c1ccccc1. The van der Waals surface area contributed by atoms with E-state index in [-0.39, 0.29) is 17.7 Å². The molecule has 0 aromatic heterocycles. The number of hydrogen-bond donors (Lipinski definition) is 3. The molecular formula is C36H42N4O2. The van der Waals surface area contributed by atoms with E-state index in [4.69, 9.17) is 0 Å². The molecule has 1 atom stereocenters. The van der Waals surface area contributed by atoms with Crippen molar-refractivity contribution < 1.29 is 9.59 Å². The van der Waals surface area contributed by atoms with Crippen LogP contribution in [0.2, 0.25) is 0 Å². The first-order chi connectivity index (χ1) is 20.6. The van der Waals surface area contributed by atoms with Gasteiger partial charge in [0.2, 0.25) is 5.91 Å². The smallest absolute Gasteiger partial charge is 0.256 e. The highest BCUT2D eigenvalue weighted by Gasteiger charge is 2.25. The first-order valence-electron chi connectivity index (χ1n) is 15.3. The summed E-state index contributed by atoms with van der Waals surface area (Å²) in [6, 6.07) is 28.3. The Morgan fingerprint density at radius 2 is 1.55 bits per heavy atom. The number of likely N-dealkylation sites (tertiary alicyclic amines) is 1. The summed E-state index contributed by atoms with van der Waals surface area (Å²) < 4.78 is 0. The number of benzene rings is 3. The van der Waals surface area contributed by atoms with Crippen molar-refractivity contribution in [2.45, 2.75) is 51.0 Å². The summed E-state index contributed by atoms with van der Waals surface area (Å²) in [5.41, 5.74) is 6.01. The van der Waals surface area contributed by atoms with E-state index < -0.39 is 0 Å². The number of hydrogen-bond acceptors (Lipinski definition) is 4. The van der Waals surface area contributed by atoms with Gasteiger partial charge < -0.3 is 20.9 Å². The Morgan fingerprint density at radius 3 is 2.24 bits per heavy atom. The van der Waals surface area contributed by atoms with Crippen molar-refractivity contribution in [1.29, 1.82) is 0 Å². The number of carbonyl (C=O) groups excluding carboxylic acids is 2. The zero-order valence-electron chi connectivity index (χ0n) is 24.5. The third-order valence-electron chi connectivity index (χ3n) is 8.24. The Kier molecular flexibility index (Phi) is 10.2. The summed E-state index contributed by atoms with van der Waals surface area (Å²) in [7, 11) is 0. The van der Waals surface area contributed by atoms with Crippen molar-refractivity contribution in [3.63, 3.8) is 0 Å². The normalized spacial score (nSPS) is 16.3. The standard InChI is InChI=1S/C36H42N4O2/c1-2-23-37-35(41)34(28-13-7-4-8-14-28)26-38-29-21-24-40(25-22-29)31-19-17-30(18-20-31)39-36(42)33-16-10-9-15-32(33)27-11-5-3-6-12-27/h3-17,19,29,34,38H,2,18,20-26H2,1H3,(H,37,41)(H,39,42). The van der Waals surface area contributed by atoms with Crippen molar-refractivity contribution in [3.05, 3.63) is 120 Å². The second kappa shape index (κ2) is 14.6. The minimum Gasteiger partial charge on any atom is -0.375 e. The van der Waals surface area contributed by atoms with Crippen molar-refractivity contribution in [3.8, 4) is 11.1 Å². The van der Waals surface area contributed by atoms with Gasteiger partial charge in [-0.05, 0) is 67.0 Å². The van der Waals surface area contributed by atoms with Gasteiger partial charge >= 0.3 is 0 Å². The molecule has 6 nitrogen and oxygen atoms in total. The molecule has 42 heavy (non-hydrogen) atoms. The molecule has 5 rings (SSSR count). The number of rotatable bonds is 11. The van der Waals surface area contributed by atoms with Gasteiger partial charge in [0, 0.05) is 49.2 Å². The molecule has 0 bridgehead atoms. The molecule has 0 radical (unpaired) electrons. The first kappa shape index (κ1) is 29.3. The fraction of sp³-hybridized carbons (Fsp3) is 0.333. The highest BCUT2D eigenvalue weighted by Crippen LogP contribution is 2.26. The monoisotopic (exact) mass is 562 g/mol. The molecule has 3 aromatic rings. The summed E-state index contributed by atoms with van der Waals surface area (Å²) in [5.74, 6) is -0.157. The summed E-state index contributed by atoms with van der Waals surface area (Å²) >= 11 is 0. The maximum absolute atomic E-state index is 13.2. The van der Waals surface area contributed by atoms with E-state index in [0.717, 1.165) is 67.6 Å². The van der Waals surface area contributed by atoms with Crippen LogP contribution in [0.1, 0.15) is 60.9 Å². The van der Waals surface area contributed by atoms with Gasteiger partial charge in [0.1, 0.15) is 0 Å². The van der Waals surface area contributed by atoms with E-state index in [1.807, 2.05) is 84.9 Å². The van der Waals surface area contributed by atoms with E-state index in [2.05, 4.69) is 39.9 Å². The third kappa shape index (κ3) is 7.56. The number of piperidine rings is 1. The maximum Gasteiger partial charge on any atom is 0.256 e. The number of nitrogens with one attached hydrogen (secondary N) is 3. The molecule has 0 spiro atoms. The molecule has 1 saturated heterocycles. The van der Waals surface area contributed by atoms with Gasteiger partial charge in [-0.1, -0.05) is 85.8 Å². The molecule has 6 heteroatoms. The third-order valence-corrected chi connectivity index (χ3v) is 8.24. The van der Waals surface area contributed by atoms with Crippen molar-refractivity contribution in [1.82, 2.24) is 20.9 Å². The van der Waals surface area contributed by atoms with E-state index >= 15 is 0 Å². The fourth-order valence-corrected chi connectivity index (χ4v) is 5.83. The second-order valence-corrected chi connectivity index (χ2v) is 11.1. The Labute approximate surface area is 249 Å². The van der Waals surface area contributed by atoms with Gasteiger partial charge in [-0.3, -0.25) is 9.59 Å². The molecule has 1 heterocycles. The Morgan fingerprint density at radius 1 is 0.857 bits per heavy atom. The van der Waals surface area contributed by atoms with Crippen molar-refractivity contribution in [2.75, 3.05) is 26.2 Å². The molecule has 1 unspecified atom stereocenters. The highest BCUT2D eigenvalue weighted by atomic mass is 16.2. The summed E-state index contributed by atoms with van der Waals surface area (Å²) in [4.78, 5) is 28.6. The molecule has 1 fully saturated rings. The second-order valence-electron chi connectivity index (χ2n) is 11.1. The predicted octanol–water partition coefficient (Wildman–Crippen LogP) is 6.01. The number of allylic oxidation sites excluding steroid dienone is 4. The van der Waals surface area contributed by atoms with E-state index in [1.54, 1.807) is 0 Å². The topological polar surface area (TPSA) is 73.5 Å². The minimum atomic E-state index is -0.185. The van der Waals surface area contributed by atoms with Gasteiger partial charge in [-0.25, -0.2) is 0 Å². The van der Waals surface area contributed by atoms with Crippen LogP contribution in [0.15, 0.2) is 108 Å².